The molecule has 0 aliphatic carbocycles. The first-order valence-electron chi connectivity index (χ1n) is 7.43. The smallest absolute Gasteiger partial charge is 0.246 e. The molecule has 0 bridgehead atoms. The van der Waals surface area contributed by atoms with Crippen LogP contribution in [0.3, 0.4) is 0 Å². The molecule has 0 radical (unpaired) electrons. The van der Waals surface area contributed by atoms with Crippen molar-refractivity contribution in [1.82, 2.24) is 15.2 Å². The zero-order valence-corrected chi connectivity index (χ0v) is 16.1. The Balaban J connectivity index is 2.39. The highest BCUT2D eigenvalue weighted by atomic mass is 32.2. The molecule has 1 atom stereocenters. The molecule has 126 valence electrons. The van der Waals surface area contributed by atoms with Crippen molar-refractivity contribution in [2.45, 2.75) is 60.8 Å². The fraction of sp³-hybridized carbons (Fsp3) is 0.500. The second-order valence-corrected chi connectivity index (χ2v) is 11.4. The van der Waals surface area contributed by atoms with E-state index in [1.54, 1.807) is 11.8 Å². The van der Waals surface area contributed by atoms with Gasteiger partial charge < -0.3 is 9.87 Å². The topological polar surface area (TPSA) is 76.7 Å². The zero-order valence-electron chi connectivity index (χ0n) is 14.4. The van der Waals surface area contributed by atoms with E-state index in [2.05, 4.69) is 41.3 Å². The van der Waals surface area contributed by atoms with Gasteiger partial charge in [0.15, 0.2) is 4.90 Å². The second-order valence-electron chi connectivity index (χ2n) is 7.24. The Morgan fingerprint density at radius 1 is 1.13 bits per heavy atom. The van der Waals surface area contributed by atoms with Gasteiger partial charge in [-0.05, 0) is 38.0 Å². The fourth-order valence-electron chi connectivity index (χ4n) is 1.92. The van der Waals surface area contributed by atoms with E-state index in [-0.39, 0.29) is 9.49 Å². The number of hydrogen-bond acceptors (Lipinski definition) is 5. The number of nitrogens with one attached hydrogen (secondary N) is 2. The first kappa shape index (κ1) is 18.2. The quantitative estimate of drug-likeness (QED) is 0.632. The van der Waals surface area contributed by atoms with Crippen LogP contribution in [-0.2, 0) is 11.2 Å². The summed E-state index contributed by atoms with van der Waals surface area (Å²) in [4.78, 5) is 5.96. The minimum Gasteiger partial charge on any atom is -0.611 e. The minimum absolute atomic E-state index is 0.0731. The summed E-state index contributed by atoms with van der Waals surface area (Å²) in [7, 11) is 0. The molecule has 0 saturated heterocycles. The van der Waals surface area contributed by atoms with Crippen molar-refractivity contribution in [3.05, 3.63) is 24.5 Å². The van der Waals surface area contributed by atoms with Gasteiger partial charge in [0, 0.05) is 27.5 Å². The van der Waals surface area contributed by atoms with Crippen LogP contribution in [0.15, 0.2) is 34.3 Å². The summed E-state index contributed by atoms with van der Waals surface area (Å²) in [6.45, 7) is 12.4. The minimum atomic E-state index is -1.10. The van der Waals surface area contributed by atoms with E-state index < -0.39 is 11.2 Å². The fourth-order valence-corrected chi connectivity index (χ4v) is 4.24. The van der Waals surface area contributed by atoms with Gasteiger partial charge in [0.1, 0.15) is 11.1 Å². The summed E-state index contributed by atoms with van der Waals surface area (Å²) < 4.78 is 12.5. The van der Waals surface area contributed by atoms with Gasteiger partial charge in [-0.2, -0.15) is 0 Å². The van der Waals surface area contributed by atoms with Crippen LogP contribution in [0.1, 0.15) is 41.5 Å². The van der Waals surface area contributed by atoms with Gasteiger partial charge >= 0.3 is 0 Å². The van der Waals surface area contributed by atoms with Gasteiger partial charge in [-0.15, -0.1) is 16.9 Å². The third kappa shape index (κ3) is 5.44. The predicted molar refractivity (Wildman–Crippen MR) is 97.9 cm³/mol. The van der Waals surface area contributed by atoms with Crippen LogP contribution in [0.2, 0.25) is 0 Å². The van der Waals surface area contributed by atoms with E-state index in [9.17, 15) is 4.55 Å². The van der Waals surface area contributed by atoms with Crippen molar-refractivity contribution in [2.75, 3.05) is 5.32 Å². The van der Waals surface area contributed by atoms with Crippen molar-refractivity contribution in [2.24, 2.45) is 0 Å². The molecular weight excluding hydrogens is 328 g/mol. The van der Waals surface area contributed by atoms with Gasteiger partial charge in [0.05, 0.1) is 0 Å². The highest BCUT2D eigenvalue weighted by Crippen LogP contribution is 2.37. The lowest BCUT2D eigenvalue weighted by Gasteiger charge is -2.25. The van der Waals surface area contributed by atoms with Crippen LogP contribution in [0.25, 0.3) is 0 Å². The Kier molecular flexibility index (Phi) is 5.33. The lowest BCUT2D eigenvalue weighted by molar-refractivity contribution is 0.559. The third-order valence-corrected chi connectivity index (χ3v) is 5.61. The number of H-pyrrole nitrogens is 1. The van der Waals surface area contributed by atoms with E-state index >= 15 is 0 Å². The van der Waals surface area contributed by atoms with E-state index in [0.717, 1.165) is 15.5 Å². The molecule has 5 nitrogen and oxygen atoms in total. The molecule has 2 N–H and O–H groups in total. The van der Waals surface area contributed by atoms with Crippen LogP contribution in [0.5, 0.6) is 0 Å². The molecule has 0 spiro atoms. The number of anilines is 2. The highest BCUT2D eigenvalue weighted by molar-refractivity contribution is 8.00. The first-order chi connectivity index (χ1) is 10.5. The standard InChI is InChI=1S/C16H24N4OS2/c1-15(2,3)22-12-7-11(19-14-17-10-18-20-14)8-13(9-12)23(21)16(4,5)6/h7-10H,1-6H3,(H2,17,18,19,20). The van der Waals surface area contributed by atoms with Gasteiger partial charge in [-0.25, -0.2) is 4.98 Å². The molecule has 0 amide bonds. The Hall–Kier alpha value is -1.18. The largest absolute Gasteiger partial charge is 0.611 e. The molecule has 1 heterocycles. The molecule has 7 heteroatoms. The van der Waals surface area contributed by atoms with Crippen LogP contribution in [-0.4, -0.2) is 29.2 Å². The summed E-state index contributed by atoms with van der Waals surface area (Å²) in [5, 5.41) is 9.84. The third-order valence-electron chi connectivity index (χ3n) is 2.75. The number of aromatic amines is 1. The number of thioether (sulfide) groups is 1. The van der Waals surface area contributed by atoms with E-state index in [0.29, 0.717) is 5.95 Å². The maximum absolute atomic E-state index is 12.8. The van der Waals surface area contributed by atoms with Crippen molar-refractivity contribution in [1.29, 1.82) is 0 Å². The Bertz CT molecular complexity index is 645. The SMILES string of the molecule is CC(C)(C)Sc1cc(Nc2nc[nH]n2)cc([S+]([O-])C(C)(C)C)c1. The van der Waals surface area contributed by atoms with E-state index in [1.807, 2.05) is 39.0 Å². The van der Waals surface area contributed by atoms with Crippen LogP contribution < -0.4 is 5.32 Å². The number of benzene rings is 1. The number of nitrogens with zero attached hydrogens (tertiary/aromatic N) is 2. The number of aromatic nitrogens is 3. The first-order valence-corrected chi connectivity index (χ1v) is 9.40. The van der Waals surface area contributed by atoms with Crippen molar-refractivity contribution in [3.63, 3.8) is 0 Å². The normalized spacial score (nSPS) is 13.9. The molecule has 1 aromatic carbocycles. The molecule has 1 aromatic heterocycles. The van der Waals surface area contributed by atoms with Gasteiger partial charge in [0.2, 0.25) is 5.95 Å². The lowest BCUT2D eigenvalue weighted by atomic mass is 10.3. The molecule has 0 fully saturated rings. The summed E-state index contributed by atoms with van der Waals surface area (Å²) in [6.07, 6.45) is 1.52. The van der Waals surface area contributed by atoms with E-state index in [4.69, 9.17) is 0 Å². The van der Waals surface area contributed by atoms with E-state index in [1.165, 1.54) is 6.33 Å². The van der Waals surface area contributed by atoms with Crippen molar-refractivity contribution < 1.29 is 4.55 Å². The molecule has 2 rings (SSSR count). The van der Waals surface area contributed by atoms with Crippen molar-refractivity contribution >= 4 is 34.6 Å². The summed E-state index contributed by atoms with van der Waals surface area (Å²) in [5.74, 6) is 0.496. The summed E-state index contributed by atoms with van der Waals surface area (Å²) in [5.41, 5.74) is 0.839. The van der Waals surface area contributed by atoms with Gasteiger partial charge in [-0.1, -0.05) is 20.8 Å². The van der Waals surface area contributed by atoms with Gasteiger partial charge in [-0.3, -0.25) is 5.10 Å². The Morgan fingerprint density at radius 2 is 1.83 bits per heavy atom. The Labute approximate surface area is 145 Å². The molecule has 23 heavy (non-hydrogen) atoms. The summed E-state index contributed by atoms with van der Waals surface area (Å²) in [6, 6.07) is 5.96. The molecule has 0 aliphatic heterocycles. The monoisotopic (exact) mass is 352 g/mol. The molecule has 0 saturated carbocycles. The summed E-state index contributed by atoms with van der Waals surface area (Å²) >= 11 is 0.647. The zero-order chi connectivity index (χ0) is 17.3. The average Bonchev–Trinajstić information content (AvgIpc) is 2.87. The molecular formula is C16H24N4OS2. The maximum Gasteiger partial charge on any atom is 0.246 e. The average molecular weight is 353 g/mol. The molecule has 1 unspecified atom stereocenters. The lowest BCUT2D eigenvalue weighted by Crippen LogP contribution is -2.28. The Morgan fingerprint density at radius 3 is 2.35 bits per heavy atom. The van der Waals surface area contributed by atoms with Crippen LogP contribution in [0, 0.1) is 0 Å². The van der Waals surface area contributed by atoms with Gasteiger partial charge in [0.25, 0.3) is 0 Å². The number of hydrogen-bond donors (Lipinski definition) is 2. The second kappa shape index (κ2) is 6.75. The van der Waals surface area contributed by atoms with Crippen LogP contribution >= 0.6 is 11.8 Å². The maximum atomic E-state index is 12.8. The predicted octanol–water partition coefficient (Wildman–Crippen LogP) is 4.35. The van der Waals surface area contributed by atoms with Crippen LogP contribution in [0.4, 0.5) is 11.6 Å². The molecule has 0 aliphatic rings. The highest BCUT2D eigenvalue weighted by Gasteiger charge is 2.29. The molecule has 2 aromatic rings. The van der Waals surface area contributed by atoms with Crippen molar-refractivity contribution in [3.8, 4) is 0 Å². The number of rotatable bonds is 4.